The van der Waals surface area contributed by atoms with E-state index in [2.05, 4.69) is 25.2 Å². The van der Waals surface area contributed by atoms with Crippen LogP contribution < -0.4 is 5.32 Å². The van der Waals surface area contributed by atoms with E-state index in [1.54, 1.807) is 12.4 Å². The van der Waals surface area contributed by atoms with E-state index in [0.717, 1.165) is 30.0 Å². The van der Waals surface area contributed by atoms with Crippen molar-refractivity contribution < 1.29 is 4.39 Å². The first kappa shape index (κ1) is 17.5. The summed E-state index contributed by atoms with van der Waals surface area (Å²) >= 11 is 0. The summed E-state index contributed by atoms with van der Waals surface area (Å²) in [6.07, 6.45) is 5.89. The second kappa shape index (κ2) is 8.22. The number of anilines is 1. The highest BCUT2D eigenvalue weighted by Crippen LogP contribution is 2.26. The van der Waals surface area contributed by atoms with Crippen LogP contribution in [0.25, 0.3) is 11.4 Å². The second-order valence-electron chi connectivity index (χ2n) is 6.67. The van der Waals surface area contributed by atoms with Crippen LogP contribution in [0.3, 0.4) is 0 Å². The third-order valence-electron chi connectivity index (χ3n) is 4.87. The second-order valence-corrected chi connectivity index (χ2v) is 6.67. The fourth-order valence-electron chi connectivity index (χ4n) is 3.48. The molecule has 1 saturated heterocycles. The Labute approximate surface area is 158 Å². The highest BCUT2D eigenvalue weighted by atomic mass is 19.1. The number of pyridine rings is 1. The lowest BCUT2D eigenvalue weighted by molar-refractivity contribution is 0.255. The molecule has 0 saturated carbocycles. The van der Waals surface area contributed by atoms with Gasteiger partial charge in [0, 0.05) is 18.9 Å². The molecule has 3 aromatic rings. The van der Waals surface area contributed by atoms with Crippen molar-refractivity contribution in [3.05, 3.63) is 72.3 Å². The topological polar surface area (TPSA) is 53.9 Å². The van der Waals surface area contributed by atoms with Crippen molar-refractivity contribution >= 4 is 5.95 Å². The Hall–Kier alpha value is -2.86. The maximum Gasteiger partial charge on any atom is 0.223 e. The van der Waals surface area contributed by atoms with Gasteiger partial charge in [-0.05, 0) is 61.8 Å². The van der Waals surface area contributed by atoms with E-state index < -0.39 is 0 Å². The van der Waals surface area contributed by atoms with Gasteiger partial charge in [0.15, 0.2) is 0 Å². The summed E-state index contributed by atoms with van der Waals surface area (Å²) in [4.78, 5) is 15.7. The highest BCUT2D eigenvalue weighted by Gasteiger charge is 2.23. The summed E-state index contributed by atoms with van der Waals surface area (Å²) in [5.41, 5.74) is 2.71. The van der Waals surface area contributed by atoms with Gasteiger partial charge < -0.3 is 5.32 Å². The first-order valence-electron chi connectivity index (χ1n) is 9.27. The molecule has 5 nitrogen and oxygen atoms in total. The average molecular weight is 363 g/mol. The van der Waals surface area contributed by atoms with Crippen LogP contribution in [0, 0.1) is 5.82 Å². The molecule has 27 heavy (non-hydrogen) atoms. The van der Waals surface area contributed by atoms with Crippen LogP contribution in [0.4, 0.5) is 10.3 Å². The lowest BCUT2D eigenvalue weighted by Crippen LogP contribution is -2.31. The van der Waals surface area contributed by atoms with Crippen molar-refractivity contribution in [2.24, 2.45) is 0 Å². The average Bonchev–Trinajstić information content (AvgIpc) is 3.25. The van der Waals surface area contributed by atoms with Crippen LogP contribution in [0.5, 0.6) is 0 Å². The van der Waals surface area contributed by atoms with Crippen molar-refractivity contribution in [3.8, 4) is 11.4 Å². The maximum absolute atomic E-state index is 13.3. The summed E-state index contributed by atoms with van der Waals surface area (Å²) < 4.78 is 13.3. The van der Waals surface area contributed by atoms with Crippen LogP contribution in [0.2, 0.25) is 0 Å². The maximum atomic E-state index is 13.3. The van der Waals surface area contributed by atoms with Gasteiger partial charge in [0.25, 0.3) is 0 Å². The van der Waals surface area contributed by atoms with E-state index in [1.165, 1.54) is 25.0 Å². The number of likely N-dealkylation sites (tertiary alicyclic amines) is 1. The Bertz CT molecular complexity index is 863. The monoisotopic (exact) mass is 363 g/mol. The number of hydrogen-bond donors (Lipinski definition) is 1. The molecule has 1 atom stereocenters. The lowest BCUT2D eigenvalue weighted by atomic mass is 10.1. The Balaban J connectivity index is 1.51. The first-order valence-corrected chi connectivity index (χ1v) is 9.27. The number of nitrogens with one attached hydrogen (secondary N) is 1. The van der Waals surface area contributed by atoms with E-state index in [-0.39, 0.29) is 11.9 Å². The van der Waals surface area contributed by atoms with E-state index >= 15 is 0 Å². The first-order chi connectivity index (χ1) is 13.3. The van der Waals surface area contributed by atoms with Crippen molar-refractivity contribution in [1.82, 2.24) is 19.9 Å². The van der Waals surface area contributed by atoms with E-state index in [0.29, 0.717) is 12.5 Å². The van der Waals surface area contributed by atoms with Gasteiger partial charge in [0.05, 0.1) is 17.4 Å². The molecule has 1 fully saturated rings. The third kappa shape index (κ3) is 4.28. The Kier molecular flexibility index (Phi) is 5.34. The van der Waals surface area contributed by atoms with Gasteiger partial charge in [-0.25, -0.2) is 14.4 Å². The Morgan fingerprint density at radius 1 is 0.926 bits per heavy atom. The molecule has 4 rings (SSSR count). The largest absolute Gasteiger partial charge is 0.352 e. The van der Waals surface area contributed by atoms with Crippen molar-refractivity contribution in [2.75, 3.05) is 25.0 Å². The summed E-state index contributed by atoms with van der Waals surface area (Å²) in [5.74, 6) is 0.364. The van der Waals surface area contributed by atoms with E-state index in [1.807, 2.05) is 36.4 Å². The number of hydrogen-bond acceptors (Lipinski definition) is 5. The molecule has 0 amide bonds. The zero-order valence-electron chi connectivity index (χ0n) is 15.1. The molecular weight excluding hydrogens is 341 g/mol. The summed E-state index contributed by atoms with van der Waals surface area (Å²) in [6.45, 7) is 2.77. The number of aromatic nitrogens is 3. The molecule has 0 aliphatic carbocycles. The molecule has 138 valence electrons. The third-order valence-corrected chi connectivity index (χ3v) is 4.87. The smallest absolute Gasteiger partial charge is 0.223 e. The van der Waals surface area contributed by atoms with Crippen molar-refractivity contribution in [3.63, 3.8) is 0 Å². The predicted molar refractivity (Wildman–Crippen MR) is 104 cm³/mol. The summed E-state index contributed by atoms with van der Waals surface area (Å²) in [7, 11) is 0. The number of halogens is 1. The molecule has 1 N–H and O–H groups in total. The number of rotatable bonds is 6. The normalized spacial score (nSPS) is 15.6. The molecule has 1 aliphatic rings. The van der Waals surface area contributed by atoms with Crippen LogP contribution >= 0.6 is 0 Å². The molecule has 2 aromatic heterocycles. The predicted octanol–water partition coefficient (Wildman–Crippen LogP) is 3.93. The minimum Gasteiger partial charge on any atom is -0.352 e. The lowest BCUT2D eigenvalue weighted by Gasteiger charge is -2.28. The van der Waals surface area contributed by atoms with Crippen molar-refractivity contribution in [2.45, 2.75) is 18.9 Å². The van der Waals surface area contributed by atoms with Gasteiger partial charge in [0.2, 0.25) is 5.95 Å². The fraction of sp³-hybridized carbons (Fsp3) is 0.286. The molecule has 3 heterocycles. The van der Waals surface area contributed by atoms with E-state index in [4.69, 9.17) is 0 Å². The molecule has 6 heteroatoms. The molecule has 0 bridgehead atoms. The molecule has 0 unspecified atom stereocenters. The zero-order valence-corrected chi connectivity index (χ0v) is 15.1. The zero-order chi connectivity index (χ0) is 18.5. The Morgan fingerprint density at radius 3 is 2.48 bits per heavy atom. The van der Waals surface area contributed by atoms with Gasteiger partial charge in [-0.15, -0.1) is 0 Å². The standard InChI is InChI=1S/C21H22FN5/c22-17-8-6-16(7-9-17)20(27-13-3-4-14-27)15-25-21-24-12-10-19(26-21)18-5-1-2-11-23-18/h1-2,5-12,20H,3-4,13-15H2,(H,24,25,26)/t20-/m0/s1. The summed E-state index contributed by atoms with van der Waals surface area (Å²) in [6, 6.07) is 14.5. The Morgan fingerprint density at radius 2 is 1.74 bits per heavy atom. The minimum absolute atomic E-state index is 0.162. The molecule has 1 aliphatic heterocycles. The van der Waals surface area contributed by atoms with Crippen LogP contribution in [0.1, 0.15) is 24.4 Å². The summed E-state index contributed by atoms with van der Waals surface area (Å²) in [5, 5.41) is 3.36. The molecule has 0 radical (unpaired) electrons. The van der Waals surface area contributed by atoms with Crippen LogP contribution in [-0.4, -0.2) is 39.5 Å². The quantitative estimate of drug-likeness (QED) is 0.719. The van der Waals surface area contributed by atoms with Gasteiger partial charge in [-0.3, -0.25) is 9.88 Å². The molecular formula is C21H22FN5. The van der Waals surface area contributed by atoms with Crippen molar-refractivity contribution in [1.29, 1.82) is 0 Å². The SMILES string of the molecule is Fc1ccc([C@H](CNc2nccc(-c3ccccn3)n2)N2CCCC2)cc1. The highest BCUT2D eigenvalue weighted by molar-refractivity contribution is 5.54. The van der Waals surface area contributed by atoms with Crippen LogP contribution in [-0.2, 0) is 0 Å². The molecule has 1 aromatic carbocycles. The van der Waals surface area contributed by atoms with Gasteiger partial charge in [-0.1, -0.05) is 18.2 Å². The number of nitrogens with zero attached hydrogens (tertiary/aromatic N) is 4. The minimum atomic E-state index is -0.210. The van der Waals surface area contributed by atoms with Gasteiger partial charge in [0.1, 0.15) is 5.82 Å². The number of benzene rings is 1. The van der Waals surface area contributed by atoms with Crippen LogP contribution in [0.15, 0.2) is 60.9 Å². The molecule has 0 spiro atoms. The van der Waals surface area contributed by atoms with Gasteiger partial charge in [-0.2, -0.15) is 0 Å². The van der Waals surface area contributed by atoms with E-state index in [9.17, 15) is 4.39 Å². The van der Waals surface area contributed by atoms with Gasteiger partial charge >= 0.3 is 0 Å². The fourth-order valence-corrected chi connectivity index (χ4v) is 3.48.